The van der Waals surface area contributed by atoms with Gasteiger partial charge in [0.15, 0.2) is 0 Å². The standard InChI is InChI=1S/C11H20N4O2S/c1-4-17-8-6-9(16)12-11-14-13-10(18-11)5-7-15(2)3/h4-8H2,1-3H3,(H,12,14,16). The molecule has 0 atom stereocenters. The second kappa shape index (κ2) is 8.12. The molecule has 0 bridgehead atoms. The number of carbonyl (C=O) groups is 1. The third kappa shape index (κ3) is 6.04. The fraction of sp³-hybridized carbons (Fsp3) is 0.727. The monoisotopic (exact) mass is 272 g/mol. The Morgan fingerprint density at radius 3 is 2.89 bits per heavy atom. The van der Waals surface area contributed by atoms with E-state index < -0.39 is 0 Å². The number of rotatable bonds is 8. The van der Waals surface area contributed by atoms with Crippen LogP contribution >= 0.6 is 11.3 Å². The van der Waals surface area contributed by atoms with E-state index in [1.54, 1.807) is 0 Å². The molecule has 7 heteroatoms. The number of likely N-dealkylation sites (N-methyl/N-ethyl adjacent to an activating group) is 1. The topological polar surface area (TPSA) is 67.3 Å². The van der Waals surface area contributed by atoms with Crippen molar-refractivity contribution in [2.24, 2.45) is 0 Å². The van der Waals surface area contributed by atoms with Crippen LogP contribution in [-0.2, 0) is 16.0 Å². The van der Waals surface area contributed by atoms with Crippen molar-refractivity contribution in [1.82, 2.24) is 15.1 Å². The van der Waals surface area contributed by atoms with Gasteiger partial charge in [-0.2, -0.15) is 0 Å². The van der Waals surface area contributed by atoms with E-state index in [0.29, 0.717) is 24.8 Å². The maximum Gasteiger partial charge on any atom is 0.228 e. The van der Waals surface area contributed by atoms with Gasteiger partial charge in [0.2, 0.25) is 11.0 Å². The summed E-state index contributed by atoms with van der Waals surface area (Å²) < 4.78 is 5.11. The maximum atomic E-state index is 11.5. The zero-order chi connectivity index (χ0) is 13.4. The summed E-state index contributed by atoms with van der Waals surface area (Å²) in [5, 5.41) is 12.2. The van der Waals surface area contributed by atoms with Gasteiger partial charge in [0.05, 0.1) is 13.0 Å². The molecular weight excluding hydrogens is 252 g/mol. The molecule has 1 rings (SSSR count). The highest BCUT2D eigenvalue weighted by atomic mass is 32.1. The Morgan fingerprint density at radius 1 is 1.44 bits per heavy atom. The molecule has 1 N–H and O–H groups in total. The smallest absolute Gasteiger partial charge is 0.228 e. The number of nitrogens with one attached hydrogen (secondary N) is 1. The molecule has 0 aliphatic rings. The number of nitrogens with zero attached hydrogens (tertiary/aromatic N) is 3. The molecule has 0 aromatic carbocycles. The van der Waals surface area contributed by atoms with Gasteiger partial charge in [-0.3, -0.25) is 4.79 Å². The van der Waals surface area contributed by atoms with Crippen LogP contribution in [-0.4, -0.2) is 54.9 Å². The van der Waals surface area contributed by atoms with E-state index in [9.17, 15) is 4.79 Å². The van der Waals surface area contributed by atoms with E-state index in [1.807, 2.05) is 21.0 Å². The van der Waals surface area contributed by atoms with Crippen LogP contribution in [0.5, 0.6) is 0 Å². The van der Waals surface area contributed by atoms with Gasteiger partial charge in [-0.1, -0.05) is 11.3 Å². The Balaban J connectivity index is 2.32. The van der Waals surface area contributed by atoms with Gasteiger partial charge in [-0.15, -0.1) is 10.2 Å². The molecular formula is C11H20N4O2S. The Morgan fingerprint density at radius 2 is 2.22 bits per heavy atom. The van der Waals surface area contributed by atoms with Gasteiger partial charge < -0.3 is 15.0 Å². The lowest BCUT2D eigenvalue weighted by Crippen LogP contribution is -2.14. The van der Waals surface area contributed by atoms with Crippen molar-refractivity contribution in [1.29, 1.82) is 0 Å². The van der Waals surface area contributed by atoms with Crippen LogP contribution in [0.2, 0.25) is 0 Å². The van der Waals surface area contributed by atoms with Crippen LogP contribution in [0.4, 0.5) is 5.13 Å². The molecule has 102 valence electrons. The van der Waals surface area contributed by atoms with Gasteiger partial charge in [-0.25, -0.2) is 0 Å². The number of carbonyl (C=O) groups excluding carboxylic acids is 1. The second-order valence-corrected chi connectivity index (χ2v) is 5.11. The Labute approximate surface area is 111 Å². The number of anilines is 1. The summed E-state index contributed by atoms with van der Waals surface area (Å²) >= 11 is 1.42. The second-order valence-electron chi connectivity index (χ2n) is 4.05. The van der Waals surface area contributed by atoms with Crippen molar-refractivity contribution in [3.63, 3.8) is 0 Å². The number of hydrogen-bond acceptors (Lipinski definition) is 6. The molecule has 1 heterocycles. The average Bonchev–Trinajstić information content (AvgIpc) is 2.74. The highest BCUT2D eigenvalue weighted by molar-refractivity contribution is 7.15. The van der Waals surface area contributed by atoms with Crippen LogP contribution in [0, 0.1) is 0 Å². The molecule has 18 heavy (non-hydrogen) atoms. The number of hydrogen-bond donors (Lipinski definition) is 1. The molecule has 0 saturated heterocycles. The number of ether oxygens (including phenoxy) is 1. The number of aromatic nitrogens is 2. The van der Waals surface area contributed by atoms with Gasteiger partial charge in [0.1, 0.15) is 5.01 Å². The van der Waals surface area contributed by atoms with Gasteiger partial charge in [-0.05, 0) is 21.0 Å². The Hall–Kier alpha value is -1.05. The lowest BCUT2D eigenvalue weighted by molar-refractivity contribution is -0.117. The zero-order valence-electron chi connectivity index (χ0n) is 11.1. The van der Waals surface area contributed by atoms with Gasteiger partial charge >= 0.3 is 0 Å². The van der Waals surface area contributed by atoms with Crippen LogP contribution in [0.3, 0.4) is 0 Å². The minimum absolute atomic E-state index is 0.0845. The fourth-order valence-electron chi connectivity index (χ4n) is 1.22. The minimum Gasteiger partial charge on any atom is -0.381 e. The molecule has 6 nitrogen and oxygen atoms in total. The summed E-state index contributed by atoms with van der Waals surface area (Å²) in [6, 6.07) is 0. The summed E-state index contributed by atoms with van der Waals surface area (Å²) in [5.41, 5.74) is 0. The lowest BCUT2D eigenvalue weighted by atomic mass is 10.4. The third-order valence-corrected chi connectivity index (χ3v) is 3.06. The van der Waals surface area contributed by atoms with E-state index in [-0.39, 0.29) is 5.91 Å². The first kappa shape index (κ1) is 15.0. The molecule has 0 saturated carbocycles. The van der Waals surface area contributed by atoms with E-state index in [0.717, 1.165) is 18.0 Å². The van der Waals surface area contributed by atoms with Crippen molar-refractivity contribution in [2.45, 2.75) is 19.8 Å². The van der Waals surface area contributed by atoms with Crippen LogP contribution in [0.1, 0.15) is 18.4 Å². The van der Waals surface area contributed by atoms with E-state index in [1.165, 1.54) is 11.3 Å². The summed E-state index contributed by atoms with van der Waals surface area (Å²) in [4.78, 5) is 13.6. The SMILES string of the molecule is CCOCCC(=O)Nc1nnc(CCN(C)C)s1. The van der Waals surface area contributed by atoms with Crippen LogP contribution in [0.25, 0.3) is 0 Å². The summed E-state index contributed by atoms with van der Waals surface area (Å²) in [7, 11) is 4.02. The highest BCUT2D eigenvalue weighted by Crippen LogP contribution is 2.15. The van der Waals surface area contributed by atoms with Crippen molar-refractivity contribution >= 4 is 22.4 Å². The molecule has 0 aliphatic heterocycles. The largest absolute Gasteiger partial charge is 0.381 e. The molecule has 1 aromatic heterocycles. The van der Waals surface area contributed by atoms with Crippen molar-refractivity contribution < 1.29 is 9.53 Å². The van der Waals surface area contributed by atoms with Crippen molar-refractivity contribution in [2.75, 3.05) is 39.2 Å². The van der Waals surface area contributed by atoms with Crippen LogP contribution in [0.15, 0.2) is 0 Å². The first-order valence-electron chi connectivity index (χ1n) is 5.96. The quantitative estimate of drug-likeness (QED) is 0.715. The molecule has 0 spiro atoms. The summed E-state index contributed by atoms with van der Waals surface area (Å²) in [5.74, 6) is -0.0845. The van der Waals surface area contributed by atoms with Gasteiger partial charge in [0, 0.05) is 19.6 Å². The lowest BCUT2D eigenvalue weighted by Gasteiger charge is -2.05. The predicted molar refractivity (Wildman–Crippen MR) is 71.9 cm³/mol. The summed E-state index contributed by atoms with van der Waals surface area (Å²) in [6.07, 6.45) is 1.19. The molecule has 1 aromatic rings. The molecule has 0 radical (unpaired) electrons. The average molecular weight is 272 g/mol. The number of amides is 1. The first-order valence-corrected chi connectivity index (χ1v) is 6.78. The van der Waals surface area contributed by atoms with Crippen LogP contribution < -0.4 is 5.32 Å². The molecule has 0 unspecified atom stereocenters. The molecule has 0 aliphatic carbocycles. The molecule has 1 amide bonds. The maximum absolute atomic E-state index is 11.5. The van der Waals surface area contributed by atoms with Crippen molar-refractivity contribution in [3.05, 3.63) is 5.01 Å². The normalized spacial score (nSPS) is 10.9. The predicted octanol–water partition coefficient (Wildman–Crippen LogP) is 1.01. The van der Waals surface area contributed by atoms with Gasteiger partial charge in [0.25, 0.3) is 0 Å². The Bertz CT molecular complexity index is 368. The first-order chi connectivity index (χ1) is 8.61. The Kier molecular flexibility index (Phi) is 6.77. The highest BCUT2D eigenvalue weighted by Gasteiger charge is 2.08. The summed E-state index contributed by atoms with van der Waals surface area (Å²) in [6.45, 7) is 3.89. The van der Waals surface area contributed by atoms with E-state index in [2.05, 4.69) is 20.4 Å². The van der Waals surface area contributed by atoms with E-state index in [4.69, 9.17) is 4.74 Å². The van der Waals surface area contributed by atoms with Crippen molar-refractivity contribution in [3.8, 4) is 0 Å². The van der Waals surface area contributed by atoms with E-state index >= 15 is 0 Å². The minimum atomic E-state index is -0.0845. The molecule has 0 fully saturated rings. The zero-order valence-corrected chi connectivity index (χ0v) is 11.9. The fourth-order valence-corrected chi connectivity index (χ4v) is 1.96. The third-order valence-electron chi connectivity index (χ3n) is 2.16.